The summed E-state index contributed by atoms with van der Waals surface area (Å²) >= 11 is 0. The van der Waals surface area contributed by atoms with Gasteiger partial charge in [0.15, 0.2) is 0 Å². The van der Waals surface area contributed by atoms with Crippen molar-refractivity contribution in [1.29, 1.82) is 0 Å². The van der Waals surface area contributed by atoms with Crippen molar-refractivity contribution in [2.75, 3.05) is 0 Å². The van der Waals surface area contributed by atoms with Crippen LogP contribution in [-0.4, -0.2) is 20.4 Å². The highest BCUT2D eigenvalue weighted by molar-refractivity contribution is 5.33. The molecular formula is C9H8F3N5. The molecule has 8 heteroatoms. The molecule has 0 saturated carbocycles. The molecule has 0 fully saturated rings. The van der Waals surface area contributed by atoms with E-state index in [9.17, 15) is 13.2 Å². The lowest BCUT2D eigenvalue weighted by molar-refractivity contribution is -0.138. The number of aromatic amines is 1. The number of H-pyrrole nitrogens is 1. The molecule has 3 N–H and O–H groups in total. The summed E-state index contributed by atoms with van der Waals surface area (Å²) in [5.74, 6) is 0. The highest BCUT2D eigenvalue weighted by Gasteiger charge is 2.35. The number of hydrogen-bond donors (Lipinski definition) is 2. The summed E-state index contributed by atoms with van der Waals surface area (Å²) in [6.45, 7) is 0. The molecule has 1 unspecified atom stereocenters. The molecule has 2 aromatic rings. The molecule has 0 aliphatic carbocycles. The first kappa shape index (κ1) is 11.5. The van der Waals surface area contributed by atoms with Crippen LogP contribution in [-0.2, 0) is 6.18 Å². The van der Waals surface area contributed by atoms with Crippen molar-refractivity contribution in [3.8, 4) is 0 Å². The van der Waals surface area contributed by atoms with Crippen LogP contribution < -0.4 is 5.73 Å². The number of hydrogen-bond acceptors (Lipinski definition) is 4. The van der Waals surface area contributed by atoms with Gasteiger partial charge >= 0.3 is 6.18 Å². The second-order valence-corrected chi connectivity index (χ2v) is 3.33. The Morgan fingerprint density at radius 2 is 2.06 bits per heavy atom. The average molecular weight is 243 g/mol. The third-order valence-electron chi connectivity index (χ3n) is 2.24. The summed E-state index contributed by atoms with van der Waals surface area (Å²) in [6, 6.07) is -0.131. The van der Waals surface area contributed by atoms with E-state index >= 15 is 0 Å². The van der Waals surface area contributed by atoms with Gasteiger partial charge in [0.05, 0.1) is 17.8 Å². The molecule has 0 aromatic carbocycles. The molecule has 2 heterocycles. The van der Waals surface area contributed by atoms with Crippen molar-refractivity contribution < 1.29 is 13.2 Å². The van der Waals surface area contributed by atoms with Gasteiger partial charge in [0.25, 0.3) is 0 Å². The highest BCUT2D eigenvalue weighted by Crippen LogP contribution is 2.34. The van der Waals surface area contributed by atoms with Crippen LogP contribution in [0.3, 0.4) is 0 Å². The number of nitrogens with one attached hydrogen (secondary N) is 1. The third-order valence-corrected chi connectivity index (χ3v) is 2.24. The Kier molecular flexibility index (Phi) is 2.80. The summed E-state index contributed by atoms with van der Waals surface area (Å²) in [5, 5.41) is 9.46. The summed E-state index contributed by atoms with van der Waals surface area (Å²) in [7, 11) is 0. The number of nitrogens with zero attached hydrogens (tertiary/aromatic N) is 3. The van der Waals surface area contributed by atoms with Crippen molar-refractivity contribution in [3.05, 3.63) is 41.5 Å². The normalized spacial score (nSPS) is 13.6. The molecule has 0 spiro atoms. The van der Waals surface area contributed by atoms with E-state index in [2.05, 4.69) is 20.4 Å². The van der Waals surface area contributed by atoms with Crippen LogP contribution in [0.25, 0.3) is 0 Å². The van der Waals surface area contributed by atoms with E-state index in [1.54, 1.807) is 0 Å². The smallest absolute Gasteiger partial charge is 0.319 e. The van der Waals surface area contributed by atoms with E-state index in [1.807, 2.05) is 0 Å². The molecule has 0 radical (unpaired) electrons. The Bertz CT molecular complexity index is 494. The molecule has 1 atom stereocenters. The minimum absolute atomic E-state index is 0.131. The van der Waals surface area contributed by atoms with Gasteiger partial charge in [0.2, 0.25) is 0 Å². The fourth-order valence-electron chi connectivity index (χ4n) is 1.43. The second kappa shape index (κ2) is 4.13. The number of pyridine rings is 1. The first-order valence-corrected chi connectivity index (χ1v) is 4.62. The Morgan fingerprint density at radius 1 is 1.29 bits per heavy atom. The Hall–Kier alpha value is -1.96. The summed E-state index contributed by atoms with van der Waals surface area (Å²) in [4.78, 5) is 3.65. The standard InChI is InChI=1S/C9H8F3N5/c10-9(11,12)6-1-2-14-3-5(6)8(13)7-4-15-17-16-7/h1-4,8H,13H2,(H,15,16,17). The molecule has 0 amide bonds. The molecular weight excluding hydrogens is 235 g/mol. The van der Waals surface area contributed by atoms with Gasteiger partial charge in [0, 0.05) is 18.0 Å². The molecule has 2 aromatic heterocycles. The predicted molar refractivity (Wildman–Crippen MR) is 51.7 cm³/mol. The number of nitrogens with two attached hydrogens (primary N) is 1. The lowest BCUT2D eigenvalue weighted by Crippen LogP contribution is -2.19. The highest BCUT2D eigenvalue weighted by atomic mass is 19.4. The van der Waals surface area contributed by atoms with Gasteiger partial charge in [-0.1, -0.05) is 0 Å². The van der Waals surface area contributed by atoms with Crippen LogP contribution in [0.1, 0.15) is 22.9 Å². The second-order valence-electron chi connectivity index (χ2n) is 3.33. The van der Waals surface area contributed by atoms with E-state index in [0.29, 0.717) is 0 Å². The number of halogens is 3. The fourth-order valence-corrected chi connectivity index (χ4v) is 1.43. The van der Waals surface area contributed by atoms with Gasteiger partial charge in [-0.25, -0.2) is 0 Å². The number of alkyl halides is 3. The zero-order chi connectivity index (χ0) is 12.5. The lowest BCUT2D eigenvalue weighted by atomic mass is 10.0. The minimum atomic E-state index is -4.47. The molecule has 0 aliphatic heterocycles. The monoisotopic (exact) mass is 243 g/mol. The summed E-state index contributed by atoms with van der Waals surface area (Å²) < 4.78 is 38.2. The van der Waals surface area contributed by atoms with Crippen LogP contribution in [0.15, 0.2) is 24.7 Å². The van der Waals surface area contributed by atoms with Gasteiger partial charge in [-0.3, -0.25) is 4.98 Å². The fraction of sp³-hybridized carbons (Fsp3) is 0.222. The van der Waals surface area contributed by atoms with Crippen molar-refractivity contribution in [2.24, 2.45) is 5.73 Å². The molecule has 17 heavy (non-hydrogen) atoms. The van der Waals surface area contributed by atoms with Crippen LogP contribution in [0.2, 0.25) is 0 Å². The van der Waals surface area contributed by atoms with E-state index < -0.39 is 17.8 Å². The molecule has 90 valence electrons. The van der Waals surface area contributed by atoms with E-state index in [1.165, 1.54) is 6.20 Å². The zero-order valence-corrected chi connectivity index (χ0v) is 8.44. The summed E-state index contributed by atoms with van der Waals surface area (Å²) in [6.07, 6.45) is -1.04. The van der Waals surface area contributed by atoms with Crippen LogP contribution >= 0.6 is 0 Å². The number of aromatic nitrogens is 4. The van der Waals surface area contributed by atoms with Crippen LogP contribution in [0, 0.1) is 0 Å². The molecule has 0 aliphatic rings. The maximum Gasteiger partial charge on any atom is 0.416 e. The Balaban J connectivity index is 2.46. The van der Waals surface area contributed by atoms with Crippen molar-refractivity contribution in [2.45, 2.75) is 12.2 Å². The molecule has 5 nitrogen and oxygen atoms in total. The van der Waals surface area contributed by atoms with Gasteiger partial charge in [-0.05, 0) is 6.07 Å². The van der Waals surface area contributed by atoms with Crippen LogP contribution in [0.4, 0.5) is 13.2 Å². The minimum Gasteiger partial charge on any atom is -0.319 e. The average Bonchev–Trinajstić information content (AvgIpc) is 2.80. The maximum absolute atomic E-state index is 12.7. The summed E-state index contributed by atoms with van der Waals surface area (Å²) in [5.41, 5.74) is 4.97. The first-order chi connectivity index (χ1) is 8.00. The lowest BCUT2D eigenvalue weighted by Gasteiger charge is -2.15. The van der Waals surface area contributed by atoms with E-state index in [0.717, 1.165) is 18.5 Å². The van der Waals surface area contributed by atoms with Crippen molar-refractivity contribution in [3.63, 3.8) is 0 Å². The maximum atomic E-state index is 12.7. The van der Waals surface area contributed by atoms with Crippen molar-refractivity contribution >= 4 is 0 Å². The van der Waals surface area contributed by atoms with Crippen LogP contribution in [0.5, 0.6) is 0 Å². The quantitative estimate of drug-likeness (QED) is 0.832. The molecule has 2 rings (SSSR count). The SMILES string of the molecule is NC(c1cn[nH]n1)c1cnccc1C(F)(F)F. The largest absolute Gasteiger partial charge is 0.416 e. The Labute approximate surface area is 93.9 Å². The Morgan fingerprint density at radius 3 is 2.65 bits per heavy atom. The predicted octanol–water partition coefficient (Wildman–Crippen LogP) is 1.27. The van der Waals surface area contributed by atoms with Crippen molar-refractivity contribution in [1.82, 2.24) is 20.4 Å². The van der Waals surface area contributed by atoms with Gasteiger partial charge in [0.1, 0.15) is 5.69 Å². The van der Waals surface area contributed by atoms with E-state index in [4.69, 9.17) is 5.73 Å². The van der Waals surface area contributed by atoms with Gasteiger partial charge in [-0.2, -0.15) is 28.6 Å². The zero-order valence-electron chi connectivity index (χ0n) is 8.44. The van der Waals surface area contributed by atoms with Gasteiger partial charge in [-0.15, -0.1) is 0 Å². The third kappa shape index (κ3) is 2.26. The van der Waals surface area contributed by atoms with Gasteiger partial charge < -0.3 is 5.73 Å². The number of rotatable bonds is 2. The first-order valence-electron chi connectivity index (χ1n) is 4.62. The van der Waals surface area contributed by atoms with E-state index in [-0.39, 0.29) is 11.3 Å². The molecule has 0 saturated heterocycles. The topological polar surface area (TPSA) is 80.5 Å². The molecule has 0 bridgehead atoms.